The third-order valence-corrected chi connectivity index (χ3v) is 1.56. The minimum absolute atomic E-state index is 0.152. The fraction of sp³-hybridized carbons (Fsp3) is 0.667. The summed E-state index contributed by atoms with van der Waals surface area (Å²) < 4.78 is 0. The predicted octanol–water partition coefficient (Wildman–Crippen LogP) is -2.26. The minimum Gasteiger partial charge on any atom is -0.479 e. The second kappa shape index (κ2) is 3.61. The van der Waals surface area contributed by atoms with Crippen molar-refractivity contribution in [2.24, 2.45) is 0 Å². The molecule has 0 amide bonds. The second-order valence-corrected chi connectivity index (χ2v) is 2.39. The van der Waals surface area contributed by atoms with Gasteiger partial charge in [0.05, 0.1) is 6.10 Å². The third kappa shape index (κ3) is 1.60. The lowest BCUT2D eigenvalue weighted by molar-refractivity contribution is -0.188. The number of aliphatic carboxylic acids is 1. The summed E-state index contributed by atoms with van der Waals surface area (Å²) in [6.45, 7) is 0.959. The molecule has 0 saturated carbocycles. The van der Waals surface area contributed by atoms with E-state index in [1.165, 1.54) is 0 Å². The summed E-state index contributed by atoms with van der Waals surface area (Å²) in [5, 5.41) is 35.0. The van der Waals surface area contributed by atoms with E-state index in [2.05, 4.69) is 0 Å². The molecule has 0 saturated heterocycles. The molecule has 0 fully saturated rings. The van der Waals surface area contributed by atoms with E-state index in [1.54, 1.807) is 0 Å². The van der Waals surface area contributed by atoms with Gasteiger partial charge in [-0.2, -0.15) is 0 Å². The molecule has 0 heterocycles. The van der Waals surface area contributed by atoms with Crippen LogP contribution in [0.3, 0.4) is 0 Å². The first-order valence-electron chi connectivity index (χ1n) is 3.14. The third-order valence-electron chi connectivity index (χ3n) is 1.56. The maximum atomic E-state index is 10.3. The molecule has 6 nitrogen and oxygen atoms in total. The summed E-state index contributed by atoms with van der Waals surface area (Å²) in [4.78, 5) is 20.3. The number of carboxylic acid groups (broad SMARTS) is 1. The van der Waals surface area contributed by atoms with E-state index in [9.17, 15) is 9.59 Å². The summed E-state index contributed by atoms with van der Waals surface area (Å²) in [5.41, 5.74) is -2.83. The van der Waals surface area contributed by atoms with Crippen molar-refractivity contribution in [1.82, 2.24) is 0 Å². The highest BCUT2D eigenvalue weighted by Gasteiger charge is 2.48. The lowest BCUT2D eigenvalue weighted by Crippen LogP contribution is -2.57. The highest BCUT2D eigenvalue weighted by molar-refractivity contribution is 5.83. The molecular formula is C6H10O6. The zero-order valence-corrected chi connectivity index (χ0v) is 6.34. The monoisotopic (exact) mass is 178 g/mol. The average molecular weight is 178 g/mol. The first-order valence-corrected chi connectivity index (χ1v) is 3.14. The van der Waals surface area contributed by atoms with E-state index in [-0.39, 0.29) is 6.29 Å². The van der Waals surface area contributed by atoms with Crippen molar-refractivity contribution < 1.29 is 30.0 Å². The van der Waals surface area contributed by atoms with E-state index in [0.29, 0.717) is 0 Å². The van der Waals surface area contributed by atoms with Gasteiger partial charge in [-0.05, 0) is 6.92 Å². The quantitative estimate of drug-likeness (QED) is 0.361. The molecule has 3 atom stereocenters. The van der Waals surface area contributed by atoms with E-state index < -0.39 is 23.8 Å². The van der Waals surface area contributed by atoms with Crippen molar-refractivity contribution in [3.8, 4) is 0 Å². The predicted molar refractivity (Wildman–Crippen MR) is 36.3 cm³/mol. The summed E-state index contributed by atoms with van der Waals surface area (Å²) in [5.74, 6) is -1.85. The Morgan fingerprint density at radius 2 is 1.92 bits per heavy atom. The van der Waals surface area contributed by atoms with Crippen LogP contribution in [0.15, 0.2) is 0 Å². The normalized spacial score (nSPS) is 20.7. The molecule has 0 aliphatic rings. The van der Waals surface area contributed by atoms with Crippen LogP contribution in [0.25, 0.3) is 0 Å². The van der Waals surface area contributed by atoms with Crippen molar-refractivity contribution in [2.45, 2.75) is 24.7 Å². The highest BCUT2D eigenvalue weighted by atomic mass is 16.4. The molecule has 12 heavy (non-hydrogen) atoms. The van der Waals surface area contributed by atoms with Gasteiger partial charge in [0.2, 0.25) is 5.60 Å². The van der Waals surface area contributed by atoms with Gasteiger partial charge in [0.15, 0.2) is 12.4 Å². The van der Waals surface area contributed by atoms with E-state index in [1.807, 2.05) is 0 Å². The molecule has 70 valence electrons. The fourth-order valence-electron chi connectivity index (χ4n) is 0.656. The Labute approximate surface area is 68.1 Å². The number of carboxylic acids is 1. The van der Waals surface area contributed by atoms with Gasteiger partial charge in [0.1, 0.15) is 0 Å². The standard InChI is InChI=1S/C6H10O6/c1-3(8)6(12,5(10)11)4(9)2-7/h2-4,8-9,12H,1H3,(H,10,11)/t3-,4-,6+/m0/s1. The van der Waals surface area contributed by atoms with Gasteiger partial charge in [0.25, 0.3) is 0 Å². The summed E-state index contributed by atoms with van der Waals surface area (Å²) >= 11 is 0. The zero-order valence-electron chi connectivity index (χ0n) is 6.34. The lowest BCUT2D eigenvalue weighted by atomic mass is 9.92. The van der Waals surface area contributed by atoms with E-state index in [4.69, 9.17) is 20.4 Å². The van der Waals surface area contributed by atoms with Crippen molar-refractivity contribution in [2.75, 3.05) is 0 Å². The molecule has 0 aromatic heterocycles. The van der Waals surface area contributed by atoms with Crippen molar-refractivity contribution in [3.05, 3.63) is 0 Å². The van der Waals surface area contributed by atoms with Crippen LogP contribution in [0.4, 0.5) is 0 Å². The highest BCUT2D eigenvalue weighted by Crippen LogP contribution is 2.15. The Balaban J connectivity index is 4.86. The molecule has 6 heteroatoms. The molecule has 0 aliphatic carbocycles. The van der Waals surface area contributed by atoms with Crippen LogP contribution in [0.5, 0.6) is 0 Å². The van der Waals surface area contributed by atoms with Crippen molar-refractivity contribution in [3.63, 3.8) is 0 Å². The molecule has 0 unspecified atom stereocenters. The van der Waals surface area contributed by atoms with Crippen LogP contribution in [-0.2, 0) is 9.59 Å². The van der Waals surface area contributed by atoms with Crippen LogP contribution in [0.2, 0.25) is 0 Å². The van der Waals surface area contributed by atoms with Crippen molar-refractivity contribution >= 4 is 12.3 Å². The number of hydrogen-bond donors (Lipinski definition) is 4. The van der Waals surface area contributed by atoms with Crippen LogP contribution in [0.1, 0.15) is 6.92 Å². The number of carbonyl (C=O) groups excluding carboxylic acids is 1. The topological polar surface area (TPSA) is 115 Å². The Hall–Kier alpha value is -0.980. The van der Waals surface area contributed by atoms with Crippen LogP contribution in [-0.4, -0.2) is 50.5 Å². The molecule has 0 radical (unpaired) electrons. The van der Waals surface area contributed by atoms with E-state index in [0.717, 1.165) is 6.92 Å². The number of rotatable bonds is 4. The maximum Gasteiger partial charge on any atom is 0.341 e. The molecule has 0 aromatic carbocycles. The molecule has 0 bridgehead atoms. The average Bonchev–Trinajstić information content (AvgIpc) is 2.00. The summed E-state index contributed by atoms with van der Waals surface area (Å²) in [7, 11) is 0. The lowest BCUT2D eigenvalue weighted by Gasteiger charge is -2.27. The summed E-state index contributed by atoms with van der Waals surface area (Å²) in [6, 6.07) is 0. The van der Waals surface area contributed by atoms with Gasteiger partial charge in [-0.15, -0.1) is 0 Å². The Kier molecular flexibility index (Phi) is 3.32. The number of carbonyl (C=O) groups is 2. The smallest absolute Gasteiger partial charge is 0.341 e. The van der Waals surface area contributed by atoms with Gasteiger partial charge < -0.3 is 25.2 Å². The first-order chi connectivity index (χ1) is 5.37. The molecular weight excluding hydrogens is 168 g/mol. The van der Waals surface area contributed by atoms with Gasteiger partial charge in [0, 0.05) is 0 Å². The molecule has 0 aromatic rings. The zero-order chi connectivity index (χ0) is 9.94. The number of aliphatic hydroxyl groups excluding tert-OH is 2. The molecule has 0 rings (SSSR count). The number of aliphatic hydroxyl groups is 3. The maximum absolute atomic E-state index is 10.3. The van der Waals surface area contributed by atoms with Gasteiger partial charge in [-0.3, -0.25) is 0 Å². The van der Waals surface area contributed by atoms with Gasteiger partial charge in [-0.25, -0.2) is 4.79 Å². The van der Waals surface area contributed by atoms with E-state index >= 15 is 0 Å². The van der Waals surface area contributed by atoms with Crippen LogP contribution >= 0.6 is 0 Å². The Bertz CT molecular complexity index is 188. The Morgan fingerprint density at radius 3 is 2.00 bits per heavy atom. The number of aldehydes is 1. The molecule has 4 N–H and O–H groups in total. The minimum atomic E-state index is -2.83. The van der Waals surface area contributed by atoms with Gasteiger partial charge in [-0.1, -0.05) is 0 Å². The number of hydrogen-bond acceptors (Lipinski definition) is 5. The van der Waals surface area contributed by atoms with Crippen molar-refractivity contribution in [1.29, 1.82) is 0 Å². The van der Waals surface area contributed by atoms with Crippen LogP contribution in [0, 0.1) is 0 Å². The SMILES string of the molecule is C[C@H](O)[C@](O)(C(=O)O)[C@@H](O)C=O. The largest absolute Gasteiger partial charge is 0.479 e. The molecule has 0 spiro atoms. The second-order valence-electron chi connectivity index (χ2n) is 2.39. The Morgan fingerprint density at radius 1 is 1.50 bits per heavy atom. The van der Waals surface area contributed by atoms with Crippen LogP contribution < -0.4 is 0 Å². The van der Waals surface area contributed by atoms with Gasteiger partial charge >= 0.3 is 5.97 Å². The fourth-order valence-corrected chi connectivity index (χ4v) is 0.656. The summed E-state index contributed by atoms with van der Waals surface area (Å²) in [6.07, 6.45) is -4.04. The first kappa shape index (κ1) is 11.0. The molecule has 0 aliphatic heterocycles.